The molecule has 0 aromatic heterocycles. The molecule has 3 atom stereocenters. The number of ether oxygens (including phenoxy) is 3. The highest BCUT2D eigenvalue weighted by molar-refractivity contribution is 7.65. The summed E-state index contributed by atoms with van der Waals surface area (Å²) in [5, 5.41) is 0. The Balaban J connectivity index is 5.38. The van der Waals surface area contributed by atoms with Crippen molar-refractivity contribution >= 4 is 7.14 Å². The summed E-state index contributed by atoms with van der Waals surface area (Å²) in [5.74, 6) is -0.883. The third-order valence-electron chi connectivity index (χ3n) is 3.21. The first-order valence-corrected chi connectivity index (χ1v) is 8.15. The molecule has 0 saturated heterocycles. The summed E-state index contributed by atoms with van der Waals surface area (Å²) in [7, 11) is 2.09. The number of hydrogen-bond donors (Lipinski definition) is 0. The van der Waals surface area contributed by atoms with Crippen LogP contribution in [-0.4, -0.2) is 38.9 Å². The molecule has 5 heteroatoms. The Morgan fingerprint density at radius 1 is 0.765 bits per heavy atom. The van der Waals surface area contributed by atoms with E-state index in [4.69, 9.17) is 14.2 Å². The van der Waals surface area contributed by atoms with Crippen LogP contribution in [0.2, 0.25) is 0 Å². The molecule has 104 valence electrons. The van der Waals surface area contributed by atoms with Gasteiger partial charge < -0.3 is 18.8 Å². The Morgan fingerprint density at radius 3 is 1.12 bits per heavy atom. The Bertz CT molecular complexity index is 195. The molecule has 0 N–H and O–H groups in total. The zero-order valence-electron chi connectivity index (χ0n) is 11.9. The Labute approximate surface area is 105 Å². The molecule has 0 aromatic carbocycles. The van der Waals surface area contributed by atoms with Crippen LogP contribution in [0.5, 0.6) is 0 Å². The molecule has 0 aliphatic rings. The first-order chi connectivity index (χ1) is 8.06. The van der Waals surface area contributed by atoms with E-state index in [1.54, 1.807) is 21.3 Å². The lowest BCUT2D eigenvalue weighted by molar-refractivity contribution is 0.0965. The molecule has 0 amide bonds. The fourth-order valence-corrected chi connectivity index (χ4v) is 6.22. The van der Waals surface area contributed by atoms with Crippen molar-refractivity contribution in [2.75, 3.05) is 21.3 Å². The third kappa shape index (κ3) is 3.54. The van der Waals surface area contributed by atoms with Crippen LogP contribution >= 0.6 is 7.14 Å². The molecule has 0 bridgehead atoms. The molecule has 3 unspecified atom stereocenters. The zero-order chi connectivity index (χ0) is 13.5. The Kier molecular flexibility index (Phi) is 8.31. The van der Waals surface area contributed by atoms with Gasteiger partial charge in [0.25, 0.3) is 0 Å². The second-order valence-electron chi connectivity index (χ2n) is 4.06. The van der Waals surface area contributed by atoms with E-state index in [0.29, 0.717) is 19.3 Å². The lowest BCUT2D eigenvalue weighted by Crippen LogP contribution is -2.29. The topological polar surface area (TPSA) is 44.8 Å². The van der Waals surface area contributed by atoms with E-state index < -0.39 is 7.14 Å². The molecule has 0 radical (unpaired) electrons. The van der Waals surface area contributed by atoms with Crippen LogP contribution in [0.25, 0.3) is 0 Å². The number of methoxy groups -OCH3 is 3. The van der Waals surface area contributed by atoms with Crippen molar-refractivity contribution in [3.8, 4) is 0 Å². The minimum absolute atomic E-state index is 0.294. The van der Waals surface area contributed by atoms with Crippen molar-refractivity contribution in [1.29, 1.82) is 0 Å². The molecule has 0 heterocycles. The molecule has 4 nitrogen and oxygen atoms in total. The monoisotopic (exact) mass is 266 g/mol. The van der Waals surface area contributed by atoms with Crippen LogP contribution in [0.4, 0.5) is 0 Å². The van der Waals surface area contributed by atoms with Gasteiger partial charge in [-0.2, -0.15) is 0 Å². The van der Waals surface area contributed by atoms with Crippen LogP contribution in [0.1, 0.15) is 40.0 Å². The summed E-state index contributed by atoms with van der Waals surface area (Å²) in [6.07, 6.45) is 2.11. The summed E-state index contributed by atoms with van der Waals surface area (Å²) >= 11 is 0. The normalized spacial score (nSPS) is 20.6. The zero-order valence-corrected chi connectivity index (χ0v) is 12.8. The van der Waals surface area contributed by atoms with Crippen molar-refractivity contribution < 1.29 is 18.8 Å². The molecule has 0 aromatic rings. The van der Waals surface area contributed by atoms with E-state index in [1.807, 2.05) is 20.8 Å². The average Bonchev–Trinajstić information content (AvgIpc) is 2.33. The fourth-order valence-electron chi connectivity index (χ4n) is 2.41. The first kappa shape index (κ1) is 17.1. The SMILES string of the molecule is CCC(OC)P(=O)(C(CC)OC)C(CC)OC. The first-order valence-electron chi connectivity index (χ1n) is 6.24. The van der Waals surface area contributed by atoms with E-state index in [9.17, 15) is 4.57 Å². The Morgan fingerprint density at radius 2 is 1.00 bits per heavy atom. The van der Waals surface area contributed by atoms with Gasteiger partial charge in [-0.25, -0.2) is 0 Å². The van der Waals surface area contributed by atoms with Gasteiger partial charge in [0.1, 0.15) is 17.5 Å². The Hall–Kier alpha value is 0.110. The molecule has 0 saturated carbocycles. The van der Waals surface area contributed by atoms with Crippen molar-refractivity contribution in [1.82, 2.24) is 0 Å². The molecule has 0 aliphatic heterocycles. The lowest BCUT2D eigenvalue weighted by Gasteiger charge is -2.36. The second-order valence-corrected chi connectivity index (χ2v) is 7.31. The van der Waals surface area contributed by atoms with Gasteiger partial charge in [-0.15, -0.1) is 0 Å². The fraction of sp³-hybridized carbons (Fsp3) is 1.00. The predicted octanol–water partition coefficient (Wildman–Crippen LogP) is 3.50. The van der Waals surface area contributed by atoms with Crippen LogP contribution in [0.3, 0.4) is 0 Å². The van der Waals surface area contributed by atoms with E-state index in [0.717, 1.165) is 0 Å². The van der Waals surface area contributed by atoms with Gasteiger partial charge in [-0.1, -0.05) is 20.8 Å². The minimum Gasteiger partial charge on any atom is -0.374 e. The van der Waals surface area contributed by atoms with Crippen molar-refractivity contribution in [3.63, 3.8) is 0 Å². The summed E-state index contributed by atoms with van der Waals surface area (Å²) in [4.78, 5) is 0. The number of rotatable bonds is 9. The average molecular weight is 266 g/mol. The van der Waals surface area contributed by atoms with E-state index >= 15 is 0 Å². The van der Waals surface area contributed by atoms with E-state index in [1.165, 1.54) is 0 Å². The summed E-state index contributed by atoms with van der Waals surface area (Å²) in [6.45, 7) is 5.93. The van der Waals surface area contributed by atoms with Crippen LogP contribution < -0.4 is 0 Å². The summed E-state index contributed by atoms with van der Waals surface area (Å²) < 4.78 is 29.6. The number of hydrogen-bond acceptors (Lipinski definition) is 4. The lowest BCUT2D eigenvalue weighted by atomic mass is 10.5. The predicted molar refractivity (Wildman–Crippen MR) is 70.9 cm³/mol. The van der Waals surface area contributed by atoms with Gasteiger partial charge in [0.15, 0.2) is 7.14 Å². The summed E-state index contributed by atoms with van der Waals surface area (Å²) in [6, 6.07) is 0. The molecular formula is C12H27O4P. The van der Waals surface area contributed by atoms with Gasteiger partial charge >= 0.3 is 0 Å². The molecule has 0 spiro atoms. The maximum absolute atomic E-state index is 13.3. The van der Waals surface area contributed by atoms with Crippen molar-refractivity contribution in [2.24, 2.45) is 0 Å². The smallest absolute Gasteiger partial charge is 0.169 e. The van der Waals surface area contributed by atoms with Gasteiger partial charge in [0.05, 0.1) is 0 Å². The second kappa shape index (κ2) is 8.25. The van der Waals surface area contributed by atoms with Gasteiger partial charge in [0.2, 0.25) is 0 Å². The maximum atomic E-state index is 13.3. The highest BCUT2D eigenvalue weighted by atomic mass is 31.2. The van der Waals surface area contributed by atoms with Crippen LogP contribution in [-0.2, 0) is 18.8 Å². The van der Waals surface area contributed by atoms with Gasteiger partial charge in [-0.05, 0) is 19.3 Å². The van der Waals surface area contributed by atoms with Crippen LogP contribution in [0, 0.1) is 0 Å². The molecule has 17 heavy (non-hydrogen) atoms. The molecular weight excluding hydrogens is 239 g/mol. The maximum Gasteiger partial charge on any atom is 0.169 e. The largest absolute Gasteiger partial charge is 0.374 e. The minimum atomic E-state index is -2.72. The van der Waals surface area contributed by atoms with Gasteiger partial charge in [-0.3, -0.25) is 0 Å². The molecule has 0 fully saturated rings. The van der Waals surface area contributed by atoms with Crippen LogP contribution in [0.15, 0.2) is 0 Å². The van der Waals surface area contributed by atoms with Gasteiger partial charge in [0, 0.05) is 21.3 Å². The standard InChI is InChI=1S/C12H27O4P/c1-7-10(14-4)17(13,11(8-2)15-5)12(9-3)16-6/h10-12H,7-9H2,1-6H3. The van der Waals surface area contributed by atoms with E-state index in [-0.39, 0.29) is 17.5 Å². The third-order valence-corrected chi connectivity index (χ3v) is 7.64. The summed E-state index contributed by atoms with van der Waals surface area (Å²) in [5.41, 5.74) is 0. The van der Waals surface area contributed by atoms with Crippen molar-refractivity contribution in [3.05, 3.63) is 0 Å². The van der Waals surface area contributed by atoms with Crippen molar-refractivity contribution in [2.45, 2.75) is 57.6 Å². The molecule has 0 rings (SSSR count). The quantitative estimate of drug-likeness (QED) is 0.599. The van der Waals surface area contributed by atoms with E-state index in [2.05, 4.69) is 0 Å². The highest BCUT2D eigenvalue weighted by Crippen LogP contribution is 2.62. The highest BCUT2D eigenvalue weighted by Gasteiger charge is 2.45. The molecule has 0 aliphatic carbocycles.